The third kappa shape index (κ3) is 1.77. The first-order chi connectivity index (χ1) is 6.68. The van der Waals surface area contributed by atoms with Gasteiger partial charge in [-0.15, -0.1) is 0 Å². The molecule has 0 spiro atoms. The molecule has 1 saturated heterocycles. The van der Waals surface area contributed by atoms with Crippen LogP contribution in [0.5, 0.6) is 0 Å². The van der Waals surface area contributed by atoms with Crippen LogP contribution in [0.2, 0.25) is 0 Å². The van der Waals surface area contributed by atoms with Gasteiger partial charge in [0.2, 0.25) is 5.91 Å². The molecule has 0 aromatic rings. The molecular weight excluding hydrogens is 178 g/mol. The van der Waals surface area contributed by atoms with Crippen LogP contribution in [-0.2, 0) is 4.79 Å². The standard InChI is InChI=1S/C10H19N3O/c1-12-5-6-13(7-10(12)14)9-4-2-3-8(9)11/h8-9H,2-7,11H2,1H3. The van der Waals surface area contributed by atoms with Gasteiger partial charge in [-0.1, -0.05) is 6.42 Å². The number of hydrogen-bond donors (Lipinski definition) is 1. The van der Waals surface area contributed by atoms with Gasteiger partial charge < -0.3 is 10.6 Å². The van der Waals surface area contributed by atoms with Gasteiger partial charge in [0.25, 0.3) is 0 Å². The lowest BCUT2D eigenvalue weighted by atomic mass is 10.1. The van der Waals surface area contributed by atoms with E-state index in [1.165, 1.54) is 6.42 Å². The van der Waals surface area contributed by atoms with Gasteiger partial charge >= 0.3 is 0 Å². The lowest BCUT2D eigenvalue weighted by molar-refractivity contribution is -0.135. The number of carbonyl (C=O) groups excluding carboxylic acids is 1. The second-order valence-electron chi connectivity index (χ2n) is 4.45. The van der Waals surface area contributed by atoms with E-state index in [9.17, 15) is 4.79 Å². The first-order valence-electron chi connectivity index (χ1n) is 5.42. The number of amides is 1. The van der Waals surface area contributed by atoms with Crippen LogP contribution >= 0.6 is 0 Å². The summed E-state index contributed by atoms with van der Waals surface area (Å²) in [5.41, 5.74) is 6.02. The van der Waals surface area contributed by atoms with Crippen LogP contribution in [0.25, 0.3) is 0 Å². The molecule has 2 atom stereocenters. The summed E-state index contributed by atoms with van der Waals surface area (Å²) in [4.78, 5) is 15.6. The van der Waals surface area contributed by atoms with Gasteiger partial charge in [-0.3, -0.25) is 9.69 Å². The van der Waals surface area contributed by atoms with Crippen LogP contribution in [-0.4, -0.2) is 54.5 Å². The highest BCUT2D eigenvalue weighted by molar-refractivity contribution is 5.78. The van der Waals surface area contributed by atoms with Crippen molar-refractivity contribution in [2.75, 3.05) is 26.7 Å². The van der Waals surface area contributed by atoms with Crippen molar-refractivity contribution in [1.82, 2.24) is 9.80 Å². The zero-order chi connectivity index (χ0) is 10.1. The topological polar surface area (TPSA) is 49.6 Å². The first kappa shape index (κ1) is 9.93. The predicted octanol–water partition coefficient (Wildman–Crippen LogP) is -0.360. The summed E-state index contributed by atoms with van der Waals surface area (Å²) in [7, 11) is 1.87. The van der Waals surface area contributed by atoms with E-state index in [0.29, 0.717) is 12.6 Å². The smallest absolute Gasteiger partial charge is 0.236 e. The Balaban J connectivity index is 1.95. The zero-order valence-corrected chi connectivity index (χ0v) is 8.78. The normalized spacial score (nSPS) is 35.3. The number of likely N-dealkylation sites (N-methyl/N-ethyl adjacent to an activating group) is 1. The fourth-order valence-corrected chi connectivity index (χ4v) is 2.48. The minimum absolute atomic E-state index is 0.232. The quantitative estimate of drug-likeness (QED) is 0.624. The van der Waals surface area contributed by atoms with Crippen molar-refractivity contribution < 1.29 is 4.79 Å². The molecule has 0 aromatic carbocycles. The average Bonchev–Trinajstić information content (AvgIpc) is 2.57. The second kappa shape index (κ2) is 3.87. The van der Waals surface area contributed by atoms with Crippen molar-refractivity contribution in [3.8, 4) is 0 Å². The molecule has 1 heterocycles. The van der Waals surface area contributed by atoms with E-state index in [-0.39, 0.29) is 11.9 Å². The molecule has 1 aliphatic heterocycles. The average molecular weight is 197 g/mol. The lowest BCUT2D eigenvalue weighted by Crippen LogP contribution is -2.55. The molecule has 1 amide bonds. The van der Waals surface area contributed by atoms with E-state index in [2.05, 4.69) is 4.90 Å². The molecule has 0 bridgehead atoms. The summed E-state index contributed by atoms with van der Waals surface area (Å²) in [5.74, 6) is 0.232. The molecule has 4 nitrogen and oxygen atoms in total. The number of carbonyl (C=O) groups is 1. The van der Waals surface area contributed by atoms with Crippen molar-refractivity contribution in [2.45, 2.75) is 31.3 Å². The molecule has 14 heavy (non-hydrogen) atoms. The monoisotopic (exact) mass is 197 g/mol. The highest BCUT2D eigenvalue weighted by Crippen LogP contribution is 2.23. The summed E-state index contributed by atoms with van der Waals surface area (Å²) in [6, 6.07) is 0.735. The largest absolute Gasteiger partial charge is 0.343 e. The SMILES string of the molecule is CN1CCN(C2CCCC2N)CC1=O. The van der Waals surface area contributed by atoms with Crippen LogP contribution < -0.4 is 5.73 Å². The zero-order valence-electron chi connectivity index (χ0n) is 8.78. The van der Waals surface area contributed by atoms with E-state index in [1.54, 1.807) is 4.90 Å². The molecule has 80 valence electrons. The molecule has 4 heteroatoms. The van der Waals surface area contributed by atoms with Gasteiger partial charge in [0.05, 0.1) is 6.54 Å². The van der Waals surface area contributed by atoms with Crippen LogP contribution in [0.15, 0.2) is 0 Å². The third-order valence-corrected chi connectivity index (χ3v) is 3.49. The Labute approximate surface area is 85.0 Å². The molecule has 1 saturated carbocycles. The maximum absolute atomic E-state index is 11.5. The minimum Gasteiger partial charge on any atom is -0.343 e. The Morgan fingerprint density at radius 2 is 2.14 bits per heavy atom. The molecule has 1 aliphatic carbocycles. The Bertz CT molecular complexity index is 231. The van der Waals surface area contributed by atoms with Gasteiger partial charge in [0.15, 0.2) is 0 Å². The Hall–Kier alpha value is -0.610. The van der Waals surface area contributed by atoms with E-state index in [4.69, 9.17) is 5.73 Å². The fourth-order valence-electron chi connectivity index (χ4n) is 2.48. The molecule has 0 aromatic heterocycles. The van der Waals surface area contributed by atoms with Crippen LogP contribution in [0.3, 0.4) is 0 Å². The molecule has 0 radical (unpaired) electrons. The Morgan fingerprint density at radius 3 is 2.71 bits per heavy atom. The van der Waals surface area contributed by atoms with Gasteiger partial charge in [-0.25, -0.2) is 0 Å². The van der Waals surface area contributed by atoms with E-state index in [0.717, 1.165) is 25.9 Å². The number of nitrogens with zero attached hydrogens (tertiary/aromatic N) is 2. The van der Waals surface area contributed by atoms with Crippen molar-refractivity contribution in [3.05, 3.63) is 0 Å². The van der Waals surface area contributed by atoms with E-state index < -0.39 is 0 Å². The van der Waals surface area contributed by atoms with Gasteiger partial charge in [-0.2, -0.15) is 0 Å². The van der Waals surface area contributed by atoms with Crippen LogP contribution in [0.1, 0.15) is 19.3 Å². The Kier molecular flexibility index (Phi) is 2.74. The molecule has 2 rings (SSSR count). The number of piperazine rings is 1. The molecule has 2 N–H and O–H groups in total. The van der Waals surface area contributed by atoms with Crippen molar-refractivity contribution in [1.29, 1.82) is 0 Å². The molecule has 2 fully saturated rings. The predicted molar refractivity (Wildman–Crippen MR) is 54.8 cm³/mol. The summed E-state index contributed by atoms with van der Waals surface area (Å²) in [6.07, 6.45) is 3.50. The summed E-state index contributed by atoms with van der Waals surface area (Å²) in [6.45, 7) is 2.40. The fraction of sp³-hybridized carbons (Fsp3) is 0.900. The maximum Gasteiger partial charge on any atom is 0.236 e. The van der Waals surface area contributed by atoms with Crippen molar-refractivity contribution >= 4 is 5.91 Å². The first-order valence-corrected chi connectivity index (χ1v) is 5.42. The molecule has 2 aliphatic rings. The van der Waals surface area contributed by atoms with E-state index >= 15 is 0 Å². The highest BCUT2D eigenvalue weighted by Gasteiger charge is 2.33. The third-order valence-electron chi connectivity index (χ3n) is 3.49. The lowest BCUT2D eigenvalue weighted by Gasteiger charge is -2.37. The summed E-state index contributed by atoms with van der Waals surface area (Å²) < 4.78 is 0. The van der Waals surface area contributed by atoms with Crippen molar-refractivity contribution in [2.24, 2.45) is 5.73 Å². The Morgan fingerprint density at radius 1 is 1.36 bits per heavy atom. The summed E-state index contributed by atoms with van der Waals surface area (Å²) >= 11 is 0. The molecule has 2 unspecified atom stereocenters. The van der Waals surface area contributed by atoms with E-state index in [1.807, 2.05) is 7.05 Å². The second-order valence-corrected chi connectivity index (χ2v) is 4.45. The van der Waals surface area contributed by atoms with Gasteiger partial charge in [0.1, 0.15) is 0 Å². The maximum atomic E-state index is 11.5. The van der Waals surface area contributed by atoms with Crippen LogP contribution in [0.4, 0.5) is 0 Å². The number of rotatable bonds is 1. The van der Waals surface area contributed by atoms with Crippen molar-refractivity contribution in [3.63, 3.8) is 0 Å². The van der Waals surface area contributed by atoms with Crippen LogP contribution in [0, 0.1) is 0 Å². The minimum atomic E-state index is 0.232. The molecular formula is C10H19N3O. The van der Waals surface area contributed by atoms with Gasteiger partial charge in [-0.05, 0) is 12.8 Å². The summed E-state index contributed by atoms with van der Waals surface area (Å²) in [5, 5.41) is 0. The highest BCUT2D eigenvalue weighted by atomic mass is 16.2. The van der Waals surface area contributed by atoms with Gasteiger partial charge in [0, 0.05) is 32.2 Å². The number of hydrogen-bond acceptors (Lipinski definition) is 3. The number of nitrogens with two attached hydrogens (primary N) is 1.